The van der Waals surface area contributed by atoms with Gasteiger partial charge in [0.15, 0.2) is 0 Å². The molecule has 1 aliphatic rings. The first kappa shape index (κ1) is 11.5. The summed E-state index contributed by atoms with van der Waals surface area (Å²) in [5.74, 6) is -0.0846. The fraction of sp³-hybridized carbons (Fsp3) is 0.900. The van der Waals surface area contributed by atoms with E-state index in [4.69, 9.17) is 4.74 Å². The van der Waals surface area contributed by atoms with Gasteiger partial charge in [-0.1, -0.05) is 0 Å². The number of ether oxygens (including phenoxy) is 1. The fourth-order valence-electron chi connectivity index (χ4n) is 1.70. The van der Waals surface area contributed by atoms with Crippen molar-refractivity contribution < 1.29 is 9.53 Å². The molecule has 0 aromatic carbocycles. The van der Waals surface area contributed by atoms with E-state index in [0.29, 0.717) is 19.1 Å². The number of nitrogens with zero attached hydrogens (tertiary/aromatic N) is 1. The zero-order valence-corrected chi connectivity index (χ0v) is 9.08. The Kier molecular flexibility index (Phi) is 4.90. The lowest BCUT2D eigenvalue weighted by molar-refractivity contribution is -0.143. The summed E-state index contributed by atoms with van der Waals surface area (Å²) in [6.07, 6.45) is 0.514. The number of hydrogen-bond donors (Lipinski definition) is 1. The molecule has 0 spiro atoms. The highest BCUT2D eigenvalue weighted by Gasteiger charge is 2.16. The van der Waals surface area contributed by atoms with E-state index in [1.807, 2.05) is 6.92 Å². The topological polar surface area (TPSA) is 41.6 Å². The van der Waals surface area contributed by atoms with Gasteiger partial charge >= 0.3 is 5.97 Å². The van der Waals surface area contributed by atoms with Crippen LogP contribution in [-0.4, -0.2) is 49.7 Å². The largest absolute Gasteiger partial charge is 0.466 e. The van der Waals surface area contributed by atoms with Crippen LogP contribution in [0.4, 0.5) is 0 Å². The van der Waals surface area contributed by atoms with E-state index in [1.54, 1.807) is 0 Å². The molecule has 0 aromatic heterocycles. The third-order valence-electron chi connectivity index (χ3n) is 2.39. The standard InChI is InChI=1S/C10H20N2O2/c1-3-14-10(13)4-6-12-7-5-11-9(2)8-12/h9,11H,3-8H2,1-2H3. The Balaban J connectivity index is 2.14. The predicted molar refractivity (Wildman–Crippen MR) is 55.2 cm³/mol. The first-order chi connectivity index (χ1) is 6.72. The molecule has 1 fully saturated rings. The van der Waals surface area contributed by atoms with E-state index in [2.05, 4.69) is 17.1 Å². The van der Waals surface area contributed by atoms with Gasteiger partial charge in [0, 0.05) is 32.2 Å². The second-order valence-electron chi connectivity index (χ2n) is 3.71. The molecule has 0 aliphatic carbocycles. The predicted octanol–water partition coefficient (Wildman–Crippen LogP) is 0.233. The normalized spacial score (nSPS) is 23.4. The number of esters is 1. The monoisotopic (exact) mass is 200 g/mol. The van der Waals surface area contributed by atoms with Crippen LogP contribution in [0.1, 0.15) is 20.3 Å². The number of rotatable bonds is 4. The lowest BCUT2D eigenvalue weighted by Crippen LogP contribution is -2.49. The molecule has 1 aliphatic heterocycles. The van der Waals surface area contributed by atoms with Gasteiger partial charge in [0.25, 0.3) is 0 Å². The summed E-state index contributed by atoms with van der Waals surface area (Å²) in [7, 11) is 0. The minimum Gasteiger partial charge on any atom is -0.466 e. The quantitative estimate of drug-likeness (QED) is 0.660. The Labute approximate surface area is 85.6 Å². The highest BCUT2D eigenvalue weighted by Crippen LogP contribution is 2.00. The maximum Gasteiger partial charge on any atom is 0.307 e. The number of carbonyl (C=O) groups is 1. The van der Waals surface area contributed by atoms with Crippen LogP contribution in [-0.2, 0) is 9.53 Å². The van der Waals surface area contributed by atoms with Gasteiger partial charge < -0.3 is 10.1 Å². The number of nitrogens with one attached hydrogen (secondary N) is 1. The van der Waals surface area contributed by atoms with Gasteiger partial charge in [0.2, 0.25) is 0 Å². The van der Waals surface area contributed by atoms with Crippen molar-refractivity contribution >= 4 is 5.97 Å². The van der Waals surface area contributed by atoms with Crippen molar-refractivity contribution in [3.8, 4) is 0 Å². The lowest BCUT2D eigenvalue weighted by atomic mass is 10.2. The van der Waals surface area contributed by atoms with Gasteiger partial charge in [-0.05, 0) is 13.8 Å². The van der Waals surface area contributed by atoms with E-state index < -0.39 is 0 Å². The Bertz CT molecular complexity index is 185. The summed E-state index contributed by atoms with van der Waals surface area (Å²) in [5, 5.41) is 3.37. The van der Waals surface area contributed by atoms with Crippen LogP contribution in [0.15, 0.2) is 0 Å². The summed E-state index contributed by atoms with van der Waals surface area (Å²) < 4.78 is 4.88. The minimum absolute atomic E-state index is 0.0846. The van der Waals surface area contributed by atoms with E-state index in [-0.39, 0.29) is 5.97 Å². The molecule has 82 valence electrons. The molecule has 4 heteroatoms. The summed E-state index contributed by atoms with van der Waals surface area (Å²) in [6.45, 7) is 8.39. The summed E-state index contributed by atoms with van der Waals surface area (Å²) >= 11 is 0. The van der Waals surface area contributed by atoms with Gasteiger partial charge in [-0.3, -0.25) is 9.69 Å². The minimum atomic E-state index is -0.0846. The van der Waals surface area contributed by atoms with Crippen molar-refractivity contribution in [1.29, 1.82) is 0 Å². The van der Waals surface area contributed by atoms with Crippen LogP contribution in [0.2, 0.25) is 0 Å². The Morgan fingerprint density at radius 1 is 1.64 bits per heavy atom. The fourth-order valence-corrected chi connectivity index (χ4v) is 1.70. The molecule has 14 heavy (non-hydrogen) atoms. The van der Waals surface area contributed by atoms with E-state index in [9.17, 15) is 4.79 Å². The summed E-state index contributed by atoms with van der Waals surface area (Å²) in [5.41, 5.74) is 0. The maximum absolute atomic E-state index is 11.1. The molecule has 0 saturated carbocycles. The molecule has 0 aromatic rings. The van der Waals surface area contributed by atoms with Gasteiger partial charge in [-0.15, -0.1) is 0 Å². The third kappa shape index (κ3) is 4.07. The molecule has 1 unspecified atom stereocenters. The second-order valence-corrected chi connectivity index (χ2v) is 3.71. The summed E-state index contributed by atoms with van der Waals surface area (Å²) in [4.78, 5) is 13.4. The molecule has 0 radical (unpaired) electrons. The van der Waals surface area contributed by atoms with Crippen LogP contribution in [0.5, 0.6) is 0 Å². The molecular weight excluding hydrogens is 180 g/mol. The molecule has 0 bridgehead atoms. The summed E-state index contributed by atoms with van der Waals surface area (Å²) in [6, 6.07) is 0.533. The third-order valence-corrected chi connectivity index (χ3v) is 2.39. The van der Waals surface area contributed by atoms with Crippen LogP contribution in [0.25, 0.3) is 0 Å². The Morgan fingerprint density at radius 2 is 2.43 bits per heavy atom. The Hall–Kier alpha value is -0.610. The smallest absolute Gasteiger partial charge is 0.307 e. The molecular formula is C10H20N2O2. The van der Waals surface area contributed by atoms with E-state index in [0.717, 1.165) is 26.2 Å². The number of piperazine rings is 1. The molecule has 1 atom stereocenters. The zero-order valence-electron chi connectivity index (χ0n) is 9.08. The molecule has 0 amide bonds. The molecule has 1 N–H and O–H groups in total. The molecule has 4 nitrogen and oxygen atoms in total. The van der Waals surface area contributed by atoms with Crippen molar-refractivity contribution in [3.63, 3.8) is 0 Å². The SMILES string of the molecule is CCOC(=O)CCN1CCNC(C)C1. The van der Waals surface area contributed by atoms with Crippen LogP contribution in [0, 0.1) is 0 Å². The number of hydrogen-bond acceptors (Lipinski definition) is 4. The molecule has 1 rings (SSSR count). The van der Waals surface area contributed by atoms with Crippen molar-refractivity contribution in [2.75, 3.05) is 32.8 Å². The van der Waals surface area contributed by atoms with E-state index in [1.165, 1.54) is 0 Å². The van der Waals surface area contributed by atoms with Gasteiger partial charge in [-0.25, -0.2) is 0 Å². The van der Waals surface area contributed by atoms with Crippen molar-refractivity contribution in [3.05, 3.63) is 0 Å². The van der Waals surface area contributed by atoms with Crippen LogP contribution in [0.3, 0.4) is 0 Å². The highest BCUT2D eigenvalue weighted by molar-refractivity contribution is 5.69. The first-order valence-electron chi connectivity index (χ1n) is 5.33. The first-order valence-corrected chi connectivity index (χ1v) is 5.33. The van der Waals surface area contributed by atoms with Gasteiger partial charge in [0.05, 0.1) is 13.0 Å². The zero-order chi connectivity index (χ0) is 10.4. The highest BCUT2D eigenvalue weighted by atomic mass is 16.5. The molecule has 1 saturated heterocycles. The van der Waals surface area contributed by atoms with Crippen LogP contribution >= 0.6 is 0 Å². The Morgan fingerprint density at radius 3 is 3.07 bits per heavy atom. The van der Waals surface area contributed by atoms with Crippen LogP contribution < -0.4 is 5.32 Å². The number of carbonyl (C=O) groups excluding carboxylic acids is 1. The van der Waals surface area contributed by atoms with Gasteiger partial charge in [0.1, 0.15) is 0 Å². The lowest BCUT2D eigenvalue weighted by Gasteiger charge is -2.31. The second kappa shape index (κ2) is 5.98. The van der Waals surface area contributed by atoms with Crippen molar-refractivity contribution in [2.45, 2.75) is 26.3 Å². The van der Waals surface area contributed by atoms with Crippen molar-refractivity contribution in [2.24, 2.45) is 0 Å². The maximum atomic E-state index is 11.1. The van der Waals surface area contributed by atoms with Gasteiger partial charge in [-0.2, -0.15) is 0 Å². The van der Waals surface area contributed by atoms with E-state index >= 15 is 0 Å². The molecule has 1 heterocycles. The average Bonchev–Trinajstić information content (AvgIpc) is 2.15. The van der Waals surface area contributed by atoms with Crippen molar-refractivity contribution in [1.82, 2.24) is 10.2 Å². The average molecular weight is 200 g/mol.